The molecule has 6 heteroatoms. The highest BCUT2D eigenvalue weighted by Gasteiger charge is 2.36. The minimum Gasteiger partial charge on any atom is -0.481 e. The SMILES string of the molecule is COCCONC(=O)CC1(CC(=O)O)CCCCC1. The van der Waals surface area contributed by atoms with E-state index in [1.807, 2.05) is 0 Å². The smallest absolute Gasteiger partial charge is 0.303 e. The summed E-state index contributed by atoms with van der Waals surface area (Å²) in [5.74, 6) is -1.09. The molecule has 1 rings (SSSR count). The lowest BCUT2D eigenvalue weighted by atomic mass is 9.69. The average Bonchev–Trinajstić information content (AvgIpc) is 2.34. The van der Waals surface area contributed by atoms with Gasteiger partial charge in [0.15, 0.2) is 0 Å². The van der Waals surface area contributed by atoms with Crippen molar-refractivity contribution in [1.82, 2.24) is 5.48 Å². The zero-order valence-electron chi connectivity index (χ0n) is 11.4. The minimum atomic E-state index is -0.838. The van der Waals surface area contributed by atoms with E-state index in [2.05, 4.69) is 5.48 Å². The van der Waals surface area contributed by atoms with E-state index in [9.17, 15) is 9.59 Å². The molecule has 6 nitrogen and oxygen atoms in total. The van der Waals surface area contributed by atoms with E-state index in [0.29, 0.717) is 6.61 Å². The first-order valence-corrected chi connectivity index (χ1v) is 6.69. The number of ether oxygens (including phenoxy) is 1. The van der Waals surface area contributed by atoms with E-state index in [0.717, 1.165) is 32.1 Å². The Kier molecular flexibility index (Phi) is 6.80. The van der Waals surface area contributed by atoms with Gasteiger partial charge < -0.3 is 9.84 Å². The van der Waals surface area contributed by atoms with E-state index >= 15 is 0 Å². The van der Waals surface area contributed by atoms with Crippen LogP contribution in [0.3, 0.4) is 0 Å². The van der Waals surface area contributed by atoms with Crippen molar-refractivity contribution in [3.63, 3.8) is 0 Å². The Morgan fingerprint density at radius 1 is 1.16 bits per heavy atom. The predicted octanol–water partition coefficient (Wildman–Crippen LogP) is 1.50. The third kappa shape index (κ3) is 6.02. The Balaban J connectivity index is 2.43. The molecule has 2 N–H and O–H groups in total. The Morgan fingerprint density at radius 3 is 2.42 bits per heavy atom. The van der Waals surface area contributed by atoms with Gasteiger partial charge in [-0.3, -0.25) is 14.4 Å². The van der Waals surface area contributed by atoms with Gasteiger partial charge in [-0.05, 0) is 18.3 Å². The maximum atomic E-state index is 11.8. The van der Waals surface area contributed by atoms with Gasteiger partial charge in [0.25, 0.3) is 0 Å². The lowest BCUT2D eigenvalue weighted by Gasteiger charge is -2.35. The first kappa shape index (κ1) is 15.9. The third-order valence-electron chi connectivity index (χ3n) is 3.55. The second kappa shape index (κ2) is 8.12. The van der Waals surface area contributed by atoms with Crippen LogP contribution in [-0.2, 0) is 19.2 Å². The lowest BCUT2D eigenvalue weighted by Crippen LogP contribution is -2.35. The molecule has 0 aromatic carbocycles. The van der Waals surface area contributed by atoms with Crippen LogP contribution in [0.5, 0.6) is 0 Å². The molecule has 0 saturated heterocycles. The summed E-state index contributed by atoms with van der Waals surface area (Å²) in [6, 6.07) is 0. The van der Waals surface area contributed by atoms with Gasteiger partial charge in [0, 0.05) is 13.5 Å². The zero-order valence-corrected chi connectivity index (χ0v) is 11.4. The Labute approximate surface area is 113 Å². The monoisotopic (exact) mass is 273 g/mol. The number of rotatable bonds is 8. The van der Waals surface area contributed by atoms with Gasteiger partial charge >= 0.3 is 5.97 Å². The van der Waals surface area contributed by atoms with Gasteiger partial charge in [-0.2, -0.15) is 0 Å². The molecule has 0 atom stereocenters. The number of carbonyl (C=O) groups excluding carboxylic acids is 1. The zero-order chi connectivity index (χ0) is 14.1. The quantitative estimate of drug-likeness (QED) is 0.517. The summed E-state index contributed by atoms with van der Waals surface area (Å²) >= 11 is 0. The normalized spacial score (nSPS) is 17.9. The van der Waals surface area contributed by atoms with Crippen molar-refractivity contribution in [1.29, 1.82) is 0 Å². The molecule has 0 spiro atoms. The van der Waals surface area contributed by atoms with Crippen LogP contribution in [0, 0.1) is 5.41 Å². The highest BCUT2D eigenvalue weighted by molar-refractivity contribution is 5.77. The summed E-state index contributed by atoms with van der Waals surface area (Å²) in [7, 11) is 1.55. The Morgan fingerprint density at radius 2 is 1.84 bits per heavy atom. The number of hydrogen-bond acceptors (Lipinski definition) is 4. The molecule has 110 valence electrons. The number of aliphatic carboxylic acids is 1. The van der Waals surface area contributed by atoms with Crippen LogP contribution >= 0.6 is 0 Å². The van der Waals surface area contributed by atoms with Crippen molar-refractivity contribution in [3.05, 3.63) is 0 Å². The average molecular weight is 273 g/mol. The largest absolute Gasteiger partial charge is 0.481 e. The Bertz CT molecular complexity index is 299. The summed E-state index contributed by atoms with van der Waals surface area (Å²) in [5, 5.41) is 9.01. The molecule has 0 aromatic heterocycles. The van der Waals surface area contributed by atoms with Gasteiger partial charge in [0.2, 0.25) is 5.91 Å². The summed E-state index contributed by atoms with van der Waals surface area (Å²) < 4.78 is 4.79. The summed E-state index contributed by atoms with van der Waals surface area (Å²) in [5.41, 5.74) is 1.95. The number of hydroxylamine groups is 1. The second-order valence-electron chi connectivity index (χ2n) is 5.17. The van der Waals surface area contributed by atoms with Crippen LogP contribution in [0.4, 0.5) is 0 Å². The Hall–Kier alpha value is -1.14. The van der Waals surface area contributed by atoms with E-state index in [4.69, 9.17) is 14.7 Å². The van der Waals surface area contributed by atoms with E-state index < -0.39 is 11.4 Å². The third-order valence-corrected chi connectivity index (χ3v) is 3.55. The lowest BCUT2D eigenvalue weighted by molar-refractivity contribution is -0.143. The summed E-state index contributed by atoms with van der Waals surface area (Å²) in [6.07, 6.45) is 4.96. The highest BCUT2D eigenvalue weighted by Crippen LogP contribution is 2.42. The van der Waals surface area contributed by atoms with Gasteiger partial charge in [0.05, 0.1) is 19.6 Å². The fourth-order valence-electron chi connectivity index (χ4n) is 2.67. The number of carboxylic acid groups (broad SMARTS) is 1. The fourth-order valence-corrected chi connectivity index (χ4v) is 2.67. The van der Waals surface area contributed by atoms with Crippen molar-refractivity contribution in [2.75, 3.05) is 20.3 Å². The number of carbonyl (C=O) groups is 2. The van der Waals surface area contributed by atoms with Crippen molar-refractivity contribution in [2.24, 2.45) is 5.41 Å². The molecule has 1 aliphatic rings. The van der Waals surface area contributed by atoms with Gasteiger partial charge in [-0.15, -0.1) is 0 Å². The molecule has 1 aliphatic carbocycles. The standard InChI is InChI=1S/C13H23NO5/c1-18-7-8-19-14-11(15)9-13(10-12(16)17)5-3-2-4-6-13/h2-10H2,1H3,(H,14,15)(H,16,17). The molecule has 0 heterocycles. The topological polar surface area (TPSA) is 84.9 Å². The van der Waals surface area contributed by atoms with Crippen LogP contribution in [0.2, 0.25) is 0 Å². The molecular weight excluding hydrogens is 250 g/mol. The maximum absolute atomic E-state index is 11.8. The predicted molar refractivity (Wildman–Crippen MR) is 68.4 cm³/mol. The van der Waals surface area contributed by atoms with E-state index in [1.54, 1.807) is 7.11 Å². The number of nitrogens with one attached hydrogen (secondary N) is 1. The summed E-state index contributed by atoms with van der Waals surface area (Å²) in [6.45, 7) is 0.689. The van der Waals surface area contributed by atoms with Crippen LogP contribution in [0.1, 0.15) is 44.9 Å². The van der Waals surface area contributed by atoms with Crippen molar-refractivity contribution >= 4 is 11.9 Å². The minimum absolute atomic E-state index is 0.0541. The van der Waals surface area contributed by atoms with Crippen molar-refractivity contribution < 1.29 is 24.3 Å². The maximum Gasteiger partial charge on any atom is 0.303 e. The highest BCUT2D eigenvalue weighted by atomic mass is 16.7. The molecule has 1 amide bonds. The molecule has 0 aromatic rings. The van der Waals surface area contributed by atoms with Crippen molar-refractivity contribution in [3.8, 4) is 0 Å². The molecule has 0 unspecified atom stereocenters. The molecule has 19 heavy (non-hydrogen) atoms. The molecule has 0 aliphatic heterocycles. The molecule has 1 fully saturated rings. The fraction of sp³-hybridized carbons (Fsp3) is 0.846. The van der Waals surface area contributed by atoms with Crippen LogP contribution in [0.25, 0.3) is 0 Å². The van der Waals surface area contributed by atoms with Gasteiger partial charge in [0.1, 0.15) is 0 Å². The van der Waals surface area contributed by atoms with E-state index in [-0.39, 0.29) is 25.4 Å². The second-order valence-corrected chi connectivity index (χ2v) is 5.17. The van der Waals surface area contributed by atoms with Gasteiger partial charge in [-0.25, -0.2) is 5.48 Å². The first-order chi connectivity index (χ1) is 9.08. The number of carboxylic acids is 1. The molecule has 1 saturated carbocycles. The molecular formula is C13H23NO5. The van der Waals surface area contributed by atoms with Crippen molar-refractivity contribution in [2.45, 2.75) is 44.9 Å². The van der Waals surface area contributed by atoms with Gasteiger partial charge in [-0.1, -0.05) is 19.3 Å². The number of amides is 1. The van der Waals surface area contributed by atoms with E-state index in [1.165, 1.54) is 0 Å². The number of methoxy groups -OCH3 is 1. The van der Waals surface area contributed by atoms with Crippen LogP contribution in [-0.4, -0.2) is 37.3 Å². The number of hydrogen-bond donors (Lipinski definition) is 2. The molecule has 0 bridgehead atoms. The molecule has 0 radical (unpaired) electrons. The first-order valence-electron chi connectivity index (χ1n) is 6.69. The van der Waals surface area contributed by atoms with Crippen LogP contribution < -0.4 is 5.48 Å². The summed E-state index contributed by atoms with van der Waals surface area (Å²) in [4.78, 5) is 27.7. The van der Waals surface area contributed by atoms with Crippen LogP contribution in [0.15, 0.2) is 0 Å².